The SMILES string of the molecule is CC(=O)c1cc(Cl)c(C(C)C)o1. The van der Waals surface area contributed by atoms with Gasteiger partial charge in [0.25, 0.3) is 0 Å². The first-order valence-corrected chi connectivity index (χ1v) is 4.20. The lowest BCUT2D eigenvalue weighted by molar-refractivity contribution is 0.0985. The molecule has 0 amide bonds. The van der Waals surface area contributed by atoms with Gasteiger partial charge in [-0.15, -0.1) is 0 Å². The van der Waals surface area contributed by atoms with Crippen LogP contribution >= 0.6 is 11.6 Å². The zero-order valence-electron chi connectivity index (χ0n) is 7.35. The molecule has 0 spiro atoms. The summed E-state index contributed by atoms with van der Waals surface area (Å²) in [6.45, 7) is 5.39. The highest BCUT2D eigenvalue weighted by molar-refractivity contribution is 6.31. The summed E-state index contributed by atoms with van der Waals surface area (Å²) >= 11 is 5.84. The van der Waals surface area contributed by atoms with E-state index in [0.29, 0.717) is 16.5 Å². The van der Waals surface area contributed by atoms with E-state index in [9.17, 15) is 4.79 Å². The average Bonchev–Trinajstić information content (AvgIpc) is 2.30. The zero-order valence-corrected chi connectivity index (χ0v) is 8.11. The maximum atomic E-state index is 10.9. The maximum Gasteiger partial charge on any atom is 0.194 e. The maximum absolute atomic E-state index is 10.9. The second-order valence-electron chi connectivity index (χ2n) is 3.03. The van der Waals surface area contributed by atoms with Gasteiger partial charge in [-0.05, 0) is 0 Å². The van der Waals surface area contributed by atoms with Crippen LogP contribution in [0.2, 0.25) is 5.02 Å². The second-order valence-corrected chi connectivity index (χ2v) is 3.44. The van der Waals surface area contributed by atoms with Crippen molar-refractivity contribution < 1.29 is 9.21 Å². The van der Waals surface area contributed by atoms with Crippen LogP contribution in [0.5, 0.6) is 0 Å². The minimum atomic E-state index is -0.0937. The molecular weight excluding hydrogens is 176 g/mol. The molecule has 0 atom stereocenters. The lowest BCUT2D eigenvalue weighted by Gasteiger charge is -1.98. The number of rotatable bonds is 2. The number of Topliss-reactive ketones (excluding diaryl/α,β-unsaturated/α-hetero) is 1. The third kappa shape index (κ3) is 1.69. The number of carbonyl (C=O) groups excluding carboxylic acids is 1. The van der Waals surface area contributed by atoms with Gasteiger partial charge in [-0.3, -0.25) is 4.79 Å². The van der Waals surface area contributed by atoms with E-state index in [0.717, 1.165) is 0 Å². The fourth-order valence-corrected chi connectivity index (χ4v) is 1.31. The molecule has 0 saturated heterocycles. The van der Waals surface area contributed by atoms with Crippen molar-refractivity contribution in [3.05, 3.63) is 22.6 Å². The van der Waals surface area contributed by atoms with E-state index in [2.05, 4.69) is 0 Å². The Morgan fingerprint density at radius 1 is 1.58 bits per heavy atom. The minimum Gasteiger partial charge on any atom is -0.456 e. The largest absolute Gasteiger partial charge is 0.456 e. The smallest absolute Gasteiger partial charge is 0.194 e. The molecule has 66 valence electrons. The molecule has 0 fully saturated rings. The van der Waals surface area contributed by atoms with Crippen LogP contribution in [0.1, 0.15) is 43.0 Å². The normalized spacial score (nSPS) is 10.8. The van der Waals surface area contributed by atoms with Crippen molar-refractivity contribution in [2.75, 3.05) is 0 Å². The molecule has 1 heterocycles. The van der Waals surface area contributed by atoms with Gasteiger partial charge in [0.2, 0.25) is 0 Å². The summed E-state index contributed by atoms with van der Waals surface area (Å²) in [5.41, 5.74) is 0. The zero-order chi connectivity index (χ0) is 9.30. The topological polar surface area (TPSA) is 30.2 Å². The number of halogens is 1. The average molecular weight is 187 g/mol. The molecule has 0 aliphatic rings. The third-order valence-electron chi connectivity index (χ3n) is 1.58. The predicted molar refractivity (Wildman–Crippen MR) is 47.8 cm³/mol. The van der Waals surface area contributed by atoms with Gasteiger partial charge in [0, 0.05) is 18.9 Å². The molecule has 0 unspecified atom stereocenters. The van der Waals surface area contributed by atoms with Gasteiger partial charge < -0.3 is 4.42 Å². The van der Waals surface area contributed by atoms with Crippen LogP contribution in [0, 0.1) is 0 Å². The van der Waals surface area contributed by atoms with Crippen LogP contribution in [-0.2, 0) is 0 Å². The van der Waals surface area contributed by atoms with E-state index in [4.69, 9.17) is 16.0 Å². The van der Waals surface area contributed by atoms with E-state index in [1.54, 1.807) is 6.07 Å². The van der Waals surface area contributed by atoms with Gasteiger partial charge in [-0.25, -0.2) is 0 Å². The lowest BCUT2D eigenvalue weighted by atomic mass is 10.2. The first-order chi connectivity index (χ1) is 5.52. The molecule has 0 radical (unpaired) electrons. The number of furan rings is 1. The standard InChI is InChI=1S/C9H11ClO2/c1-5(2)9-7(10)4-8(12-9)6(3)11/h4-5H,1-3H3. The summed E-state index contributed by atoms with van der Waals surface area (Å²) in [5, 5.41) is 0.537. The van der Waals surface area contributed by atoms with Crippen molar-refractivity contribution in [1.29, 1.82) is 0 Å². The Bertz CT molecular complexity index is 299. The van der Waals surface area contributed by atoms with Gasteiger partial charge in [-0.2, -0.15) is 0 Å². The highest BCUT2D eigenvalue weighted by Gasteiger charge is 2.14. The Labute approximate surface area is 76.5 Å². The highest BCUT2D eigenvalue weighted by atomic mass is 35.5. The van der Waals surface area contributed by atoms with Crippen molar-refractivity contribution in [3.8, 4) is 0 Å². The summed E-state index contributed by atoms with van der Waals surface area (Å²) in [6.07, 6.45) is 0. The molecule has 1 rings (SSSR count). The molecule has 1 aromatic heterocycles. The molecule has 1 aromatic rings. The van der Waals surface area contributed by atoms with Crippen LogP contribution in [0.25, 0.3) is 0 Å². The molecule has 0 N–H and O–H groups in total. The fraction of sp³-hybridized carbons (Fsp3) is 0.444. The Balaban J connectivity index is 3.09. The second kappa shape index (κ2) is 3.31. The van der Waals surface area contributed by atoms with E-state index in [1.807, 2.05) is 13.8 Å². The summed E-state index contributed by atoms with van der Waals surface area (Å²) in [7, 11) is 0. The Morgan fingerprint density at radius 3 is 2.42 bits per heavy atom. The fourth-order valence-electron chi connectivity index (χ4n) is 0.950. The molecule has 0 aliphatic carbocycles. The van der Waals surface area contributed by atoms with Gasteiger partial charge in [0.1, 0.15) is 5.76 Å². The Morgan fingerprint density at radius 2 is 2.17 bits per heavy atom. The van der Waals surface area contributed by atoms with Crippen molar-refractivity contribution >= 4 is 17.4 Å². The van der Waals surface area contributed by atoms with E-state index in [-0.39, 0.29) is 11.7 Å². The minimum absolute atomic E-state index is 0.0937. The van der Waals surface area contributed by atoms with Crippen LogP contribution in [0.15, 0.2) is 10.5 Å². The summed E-state index contributed by atoms with van der Waals surface area (Å²) in [6, 6.07) is 1.57. The summed E-state index contributed by atoms with van der Waals surface area (Å²) in [4.78, 5) is 10.9. The summed E-state index contributed by atoms with van der Waals surface area (Å²) < 4.78 is 5.26. The molecule has 0 saturated carbocycles. The van der Waals surface area contributed by atoms with Gasteiger partial charge in [0.15, 0.2) is 11.5 Å². The van der Waals surface area contributed by atoms with Crippen molar-refractivity contribution in [1.82, 2.24) is 0 Å². The van der Waals surface area contributed by atoms with Gasteiger partial charge in [-0.1, -0.05) is 25.4 Å². The van der Waals surface area contributed by atoms with E-state index in [1.165, 1.54) is 6.92 Å². The first-order valence-electron chi connectivity index (χ1n) is 3.82. The molecule has 0 aromatic carbocycles. The van der Waals surface area contributed by atoms with E-state index < -0.39 is 0 Å². The van der Waals surface area contributed by atoms with Crippen LogP contribution in [-0.4, -0.2) is 5.78 Å². The molecule has 0 bridgehead atoms. The van der Waals surface area contributed by atoms with Crippen LogP contribution in [0.3, 0.4) is 0 Å². The Kier molecular flexibility index (Phi) is 2.58. The number of ketones is 1. The number of hydrogen-bond acceptors (Lipinski definition) is 2. The Hall–Kier alpha value is -0.760. The lowest BCUT2D eigenvalue weighted by Crippen LogP contribution is -1.87. The van der Waals surface area contributed by atoms with Crippen LogP contribution in [0.4, 0.5) is 0 Å². The van der Waals surface area contributed by atoms with Crippen LogP contribution < -0.4 is 0 Å². The first kappa shape index (κ1) is 9.33. The predicted octanol–water partition coefficient (Wildman–Crippen LogP) is 3.26. The molecular formula is C9H11ClO2. The quantitative estimate of drug-likeness (QED) is 0.664. The molecule has 12 heavy (non-hydrogen) atoms. The van der Waals surface area contributed by atoms with Crippen molar-refractivity contribution in [2.45, 2.75) is 26.7 Å². The summed E-state index contributed by atoms with van der Waals surface area (Å²) in [5.74, 6) is 1.14. The van der Waals surface area contributed by atoms with Gasteiger partial charge >= 0.3 is 0 Å². The van der Waals surface area contributed by atoms with Crippen molar-refractivity contribution in [3.63, 3.8) is 0 Å². The van der Waals surface area contributed by atoms with Gasteiger partial charge in [0.05, 0.1) is 5.02 Å². The molecule has 0 aliphatic heterocycles. The monoisotopic (exact) mass is 186 g/mol. The van der Waals surface area contributed by atoms with Crippen molar-refractivity contribution in [2.24, 2.45) is 0 Å². The molecule has 3 heteroatoms. The van der Waals surface area contributed by atoms with E-state index >= 15 is 0 Å². The number of carbonyl (C=O) groups is 1. The number of hydrogen-bond donors (Lipinski definition) is 0. The molecule has 2 nitrogen and oxygen atoms in total. The third-order valence-corrected chi connectivity index (χ3v) is 1.88. The highest BCUT2D eigenvalue weighted by Crippen LogP contribution is 2.27.